The molecule has 0 spiro atoms. The summed E-state index contributed by atoms with van der Waals surface area (Å²) in [5, 5.41) is 5.70. The molecule has 0 radical (unpaired) electrons. The predicted molar refractivity (Wildman–Crippen MR) is 105 cm³/mol. The summed E-state index contributed by atoms with van der Waals surface area (Å²) in [6.07, 6.45) is 5.31. The lowest BCUT2D eigenvalue weighted by atomic mass is 10.2. The highest BCUT2D eigenvalue weighted by atomic mass is 35.5. The normalized spacial score (nSPS) is 10.3. The molecule has 2 rings (SSSR count). The smallest absolute Gasteiger partial charge is 0.192 e. The Morgan fingerprint density at radius 2 is 2.00 bits per heavy atom. The molecule has 2 aromatic rings. The minimum atomic E-state index is 0.356. The number of halogens is 1. The average molecular weight is 378 g/mol. The quantitative estimate of drug-likeness (QED) is 0.180. The summed E-state index contributed by atoms with van der Waals surface area (Å²) in [5.74, 6) is 10.1. The van der Waals surface area contributed by atoms with Crippen LogP contribution in [0.25, 0.3) is 0 Å². The lowest BCUT2D eigenvalue weighted by molar-refractivity contribution is 0.809. The van der Waals surface area contributed by atoms with Gasteiger partial charge in [-0.1, -0.05) is 41.4 Å². The lowest BCUT2D eigenvalue weighted by Gasteiger charge is -2.21. The van der Waals surface area contributed by atoms with Gasteiger partial charge in [-0.2, -0.15) is 0 Å². The maximum atomic E-state index is 6.19. The number of nitrogens with zero attached hydrogens (tertiary/aromatic N) is 3. The van der Waals surface area contributed by atoms with E-state index in [0.29, 0.717) is 52.9 Å². The summed E-state index contributed by atoms with van der Waals surface area (Å²) in [6.45, 7) is 1.39. The van der Waals surface area contributed by atoms with Gasteiger partial charge in [-0.3, -0.25) is 5.01 Å². The monoisotopic (exact) mass is 377 g/mol. The van der Waals surface area contributed by atoms with E-state index in [-0.39, 0.29) is 0 Å². The van der Waals surface area contributed by atoms with E-state index in [9.17, 15) is 0 Å². The maximum Gasteiger partial charge on any atom is 0.192 e. The van der Waals surface area contributed by atoms with E-state index in [0.717, 1.165) is 5.56 Å². The van der Waals surface area contributed by atoms with E-state index in [4.69, 9.17) is 35.3 Å². The molecule has 132 valence electrons. The molecule has 7 N–H and O–H groups in total. The van der Waals surface area contributed by atoms with Crippen molar-refractivity contribution in [2.75, 3.05) is 34.9 Å². The van der Waals surface area contributed by atoms with Crippen molar-refractivity contribution in [2.45, 2.75) is 11.7 Å². The summed E-state index contributed by atoms with van der Waals surface area (Å²) >= 11 is 7.24. The van der Waals surface area contributed by atoms with Gasteiger partial charge >= 0.3 is 0 Å². The van der Waals surface area contributed by atoms with Crippen LogP contribution >= 0.6 is 23.4 Å². The number of benzene rings is 1. The van der Waals surface area contributed by atoms with Crippen LogP contribution in [0.3, 0.4) is 0 Å². The van der Waals surface area contributed by atoms with Gasteiger partial charge in [-0.15, -0.1) is 6.42 Å². The third-order valence-corrected chi connectivity index (χ3v) is 4.17. The molecular weight excluding hydrogens is 358 g/mol. The van der Waals surface area contributed by atoms with Crippen molar-refractivity contribution in [3.8, 4) is 12.3 Å². The number of nitrogen functional groups attached to an aromatic ring is 1. The van der Waals surface area contributed by atoms with Crippen molar-refractivity contribution < 1.29 is 0 Å². The third-order valence-electron chi connectivity index (χ3n) is 3.16. The molecular formula is C16H20ClN7S. The van der Waals surface area contributed by atoms with Crippen LogP contribution in [0.4, 0.5) is 17.3 Å². The van der Waals surface area contributed by atoms with E-state index in [1.165, 1.54) is 16.8 Å². The Labute approximate surface area is 156 Å². The van der Waals surface area contributed by atoms with Crippen molar-refractivity contribution in [3.05, 3.63) is 34.9 Å². The number of anilines is 3. The predicted octanol–water partition coefficient (Wildman–Crippen LogP) is 1.69. The van der Waals surface area contributed by atoms with Crippen molar-refractivity contribution >= 4 is 40.7 Å². The van der Waals surface area contributed by atoms with E-state index < -0.39 is 0 Å². The number of rotatable bonds is 8. The van der Waals surface area contributed by atoms with Crippen molar-refractivity contribution in [1.82, 2.24) is 9.97 Å². The number of nitrogens with two attached hydrogens (primary N) is 3. The highest BCUT2D eigenvalue weighted by Crippen LogP contribution is 2.29. The molecule has 1 aromatic carbocycles. The molecule has 0 aliphatic heterocycles. The van der Waals surface area contributed by atoms with Crippen molar-refractivity contribution in [1.29, 1.82) is 0 Å². The van der Waals surface area contributed by atoms with Crippen LogP contribution in [0.1, 0.15) is 5.56 Å². The first kappa shape index (κ1) is 19.1. The van der Waals surface area contributed by atoms with Gasteiger partial charge < -0.3 is 16.8 Å². The summed E-state index contributed by atoms with van der Waals surface area (Å²) in [6, 6.07) is 7.38. The Morgan fingerprint density at radius 1 is 1.28 bits per heavy atom. The van der Waals surface area contributed by atoms with Gasteiger partial charge in [0.2, 0.25) is 0 Å². The minimum Gasteiger partial charge on any atom is -0.393 e. The first-order valence-electron chi connectivity index (χ1n) is 7.49. The first-order valence-corrected chi connectivity index (χ1v) is 8.86. The largest absolute Gasteiger partial charge is 0.393 e. The maximum absolute atomic E-state index is 6.19. The molecule has 0 fully saturated rings. The molecule has 0 aliphatic rings. The highest BCUT2D eigenvalue weighted by molar-refractivity contribution is 7.99. The topological polar surface area (TPSA) is 119 Å². The van der Waals surface area contributed by atoms with Crippen LogP contribution in [-0.2, 0) is 6.54 Å². The Bertz CT molecular complexity index is 745. The van der Waals surface area contributed by atoms with Gasteiger partial charge in [-0.25, -0.2) is 15.8 Å². The third kappa shape index (κ3) is 5.41. The summed E-state index contributed by atoms with van der Waals surface area (Å²) in [7, 11) is 0. The van der Waals surface area contributed by atoms with E-state index >= 15 is 0 Å². The standard InChI is InChI=1S/C16H20ClN7S/c1-2-9-25-16-22-14(21-8-7-18)13(19)15(23-16)24(20)10-11-3-5-12(17)6-4-11/h1,3-6H,7-10,18-20H2,(H,21,22,23). The number of hydrogen-bond acceptors (Lipinski definition) is 8. The molecule has 1 heterocycles. The van der Waals surface area contributed by atoms with Gasteiger partial charge in [0.25, 0.3) is 0 Å². The van der Waals surface area contributed by atoms with Crippen LogP contribution < -0.4 is 27.6 Å². The average Bonchev–Trinajstić information content (AvgIpc) is 2.61. The van der Waals surface area contributed by atoms with Gasteiger partial charge in [0.05, 0.1) is 12.3 Å². The number of hydrogen-bond donors (Lipinski definition) is 4. The lowest BCUT2D eigenvalue weighted by Crippen LogP contribution is -2.32. The molecule has 0 unspecified atom stereocenters. The molecule has 0 atom stereocenters. The molecule has 0 amide bonds. The second-order valence-electron chi connectivity index (χ2n) is 5.05. The Balaban J connectivity index is 2.29. The number of thioether (sulfide) groups is 1. The van der Waals surface area contributed by atoms with Gasteiger partial charge in [0.1, 0.15) is 5.69 Å². The molecule has 25 heavy (non-hydrogen) atoms. The fourth-order valence-corrected chi connectivity index (χ4v) is 2.66. The fraction of sp³-hybridized carbons (Fsp3) is 0.250. The number of hydrazine groups is 1. The van der Waals surface area contributed by atoms with Gasteiger partial charge in [-0.05, 0) is 17.7 Å². The second kappa shape index (κ2) is 9.34. The molecule has 0 aliphatic carbocycles. The fourth-order valence-electron chi connectivity index (χ4n) is 2.01. The minimum absolute atomic E-state index is 0.356. The second-order valence-corrected chi connectivity index (χ2v) is 6.43. The zero-order chi connectivity index (χ0) is 18.2. The molecule has 0 saturated carbocycles. The van der Waals surface area contributed by atoms with E-state index in [1.54, 1.807) is 12.1 Å². The van der Waals surface area contributed by atoms with E-state index in [1.807, 2.05) is 12.1 Å². The van der Waals surface area contributed by atoms with Crippen LogP contribution in [-0.4, -0.2) is 28.8 Å². The summed E-state index contributed by atoms with van der Waals surface area (Å²) in [5.41, 5.74) is 13.0. The van der Waals surface area contributed by atoms with Crippen molar-refractivity contribution in [3.63, 3.8) is 0 Å². The molecule has 0 saturated heterocycles. The Hall–Kier alpha value is -2.18. The number of terminal acetylenes is 1. The van der Waals surface area contributed by atoms with Gasteiger partial charge in [0.15, 0.2) is 16.8 Å². The van der Waals surface area contributed by atoms with Crippen LogP contribution in [0.15, 0.2) is 29.4 Å². The Morgan fingerprint density at radius 3 is 2.64 bits per heavy atom. The summed E-state index contributed by atoms with van der Waals surface area (Å²) < 4.78 is 0. The van der Waals surface area contributed by atoms with Crippen LogP contribution in [0, 0.1) is 12.3 Å². The highest BCUT2D eigenvalue weighted by Gasteiger charge is 2.16. The zero-order valence-corrected chi connectivity index (χ0v) is 15.1. The molecule has 1 aromatic heterocycles. The summed E-state index contributed by atoms with van der Waals surface area (Å²) in [4.78, 5) is 8.80. The number of aromatic nitrogens is 2. The SMILES string of the molecule is C#CCSc1nc(NCCN)c(N)c(N(N)Cc2ccc(Cl)cc2)n1. The Kier molecular flexibility index (Phi) is 7.16. The van der Waals surface area contributed by atoms with Crippen LogP contribution in [0.5, 0.6) is 0 Å². The molecule has 7 nitrogen and oxygen atoms in total. The zero-order valence-electron chi connectivity index (χ0n) is 13.6. The first-order chi connectivity index (χ1) is 12.0. The molecule has 9 heteroatoms. The number of nitrogens with one attached hydrogen (secondary N) is 1. The van der Waals surface area contributed by atoms with E-state index in [2.05, 4.69) is 21.2 Å². The molecule has 0 bridgehead atoms. The van der Waals surface area contributed by atoms with Gasteiger partial charge in [0, 0.05) is 18.1 Å². The van der Waals surface area contributed by atoms with Crippen molar-refractivity contribution in [2.24, 2.45) is 11.6 Å². The van der Waals surface area contributed by atoms with Crippen LogP contribution in [0.2, 0.25) is 5.02 Å².